The van der Waals surface area contributed by atoms with Crippen LogP contribution in [0.2, 0.25) is 0 Å². The highest BCUT2D eigenvalue weighted by Crippen LogP contribution is 2.37. The normalized spacial score (nSPS) is 18.4. The van der Waals surface area contributed by atoms with Crippen LogP contribution in [0.15, 0.2) is 35.7 Å². The van der Waals surface area contributed by atoms with E-state index in [1.165, 1.54) is 12.8 Å². The minimum atomic E-state index is -3.07. The standard InChI is InChI=1S/C17H17N5O2S/c23-25(24)6-5-12-7-11(1-4-14(12)25)8-18-16-15-17(20-9-19-16)22(10-21-15)13-2-3-13/h1,4,7,9-10,13H,2-3,5-6,8H2,(H,18,19,20). The molecule has 1 N–H and O–H groups in total. The number of rotatable bonds is 4. The third kappa shape index (κ3) is 2.48. The van der Waals surface area contributed by atoms with E-state index in [1.807, 2.05) is 18.5 Å². The molecule has 1 fully saturated rings. The maximum Gasteiger partial charge on any atom is 0.178 e. The Balaban J connectivity index is 1.41. The van der Waals surface area contributed by atoms with Crippen LogP contribution in [-0.4, -0.2) is 33.7 Å². The van der Waals surface area contributed by atoms with Crippen molar-refractivity contribution < 1.29 is 8.42 Å². The summed E-state index contributed by atoms with van der Waals surface area (Å²) in [5, 5.41) is 3.31. The van der Waals surface area contributed by atoms with Crippen molar-refractivity contribution in [2.75, 3.05) is 11.1 Å². The number of imidazole rings is 1. The lowest BCUT2D eigenvalue weighted by Gasteiger charge is -2.08. The fraction of sp³-hybridized carbons (Fsp3) is 0.353. The maximum absolute atomic E-state index is 11.9. The highest BCUT2D eigenvalue weighted by Gasteiger charge is 2.27. The average Bonchev–Trinajstić information content (AvgIpc) is 3.29. The van der Waals surface area contributed by atoms with E-state index in [0.717, 1.165) is 22.3 Å². The van der Waals surface area contributed by atoms with Crippen molar-refractivity contribution in [3.05, 3.63) is 42.0 Å². The van der Waals surface area contributed by atoms with Crippen molar-refractivity contribution in [1.29, 1.82) is 0 Å². The zero-order chi connectivity index (χ0) is 17.0. The number of aromatic nitrogens is 4. The summed E-state index contributed by atoms with van der Waals surface area (Å²) in [6.07, 6.45) is 6.34. The van der Waals surface area contributed by atoms with Crippen LogP contribution in [0.25, 0.3) is 11.2 Å². The largest absolute Gasteiger partial charge is 0.364 e. The lowest BCUT2D eigenvalue weighted by atomic mass is 10.1. The van der Waals surface area contributed by atoms with Gasteiger partial charge in [0.1, 0.15) is 11.8 Å². The molecule has 1 saturated carbocycles. The van der Waals surface area contributed by atoms with E-state index in [2.05, 4.69) is 24.8 Å². The molecule has 3 heterocycles. The van der Waals surface area contributed by atoms with E-state index in [1.54, 1.807) is 12.4 Å². The Morgan fingerprint density at radius 3 is 2.92 bits per heavy atom. The van der Waals surface area contributed by atoms with Gasteiger partial charge in [-0.1, -0.05) is 12.1 Å². The summed E-state index contributed by atoms with van der Waals surface area (Å²) in [6.45, 7) is 0.565. The van der Waals surface area contributed by atoms with E-state index < -0.39 is 9.84 Å². The van der Waals surface area contributed by atoms with E-state index in [9.17, 15) is 8.42 Å². The van der Waals surface area contributed by atoms with Gasteiger partial charge in [0.25, 0.3) is 0 Å². The molecule has 7 nitrogen and oxygen atoms in total. The lowest BCUT2D eigenvalue weighted by molar-refractivity contribution is 0.600. The summed E-state index contributed by atoms with van der Waals surface area (Å²) in [5.74, 6) is 0.919. The van der Waals surface area contributed by atoms with Gasteiger partial charge in [-0.3, -0.25) is 0 Å². The summed E-state index contributed by atoms with van der Waals surface area (Å²) in [7, 11) is -3.07. The third-order valence-corrected chi connectivity index (χ3v) is 6.67. The zero-order valence-corrected chi connectivity index (χ0v) is 14.3. The number of nitrogens with zero attached hydrogens (tertiary/aromatic N) is 4. The minimum Gasteiger partial charge on any atom is -0.364 e. The molecule has 1 aliphatic heterocycles. The molecule has 2 aliphatic rings. The monoisotopic (exact) mass is 355 g/mol. The number of sulfone groups is 1. The SMILES string of the molecule is O=S1(=O)CCc2cc(CNc3ncnc4c3ncn4C3CC3)ccc21. The van der Waals surface area contributed by atoms with Crippen molar-refractivity contribution in [2.45, 2.75) is 36.7 Å². The fourth-order valence-electron chi connectivity index (χ4n) is 3.38. The number of nitrogens with one attached hydrogen (secondary N) is 1. The second kappa shape index (κ2) is 5.26. The van der Waals surface area contributed by atoms with Gasteiger partial charge >= 0.3 is 0 Å². The molecule has 5 rings (SSSR count). The topological polar surface area (TPSA) is 89.8 Å². The van der Waals surface area contributed by atoms with Crippen molar-refractivity contribution in [3.8, 4) is 0 Å². The highest BCUT2D eigenvalue weighted by molar-refractivity contribution is 7.91. The van der Waals surface area contributed by atoms with Crippen LogP contribution in [0.1, 0.15) is 30.0 Å². The second-order valence-electron chi connectivity index (χ2n) is 6.64. The highest BCUT2D eigenvalue weighted by atomic mass is 32.2. The zero-order valence-electron chi connectivity index (χ0n) is 13.5. The van der Waals surface area contributed by atoms with Crippen LogP contribution in [-0.2, 0) is 22.8 Å². The van der Waals surface area contributed by atoms with Gasteiger partial charge in [-0.15, -0.1) is 0 Å². The quantitative estimate of drug-likeness (QED) is 0.771. The molecule has 3 aromatic rings. The number of hydrogen-bond donors (Lipinski definition) is 1. The van der Waals surface area contributed by atoms with Crippen LogP contribution >= 0.6 is 0 Å². The first-order valence-corrected chi connectivity index (χ1v) is 10.0. The van der Waals surface area contributed by atoms with Crippen LogP contribution in [0.5, 0.6) is 0 Å². The predicted molar refractivity (Wildman–Crippen MR) is 93.1 cm³/mol. The average molecular weight is 355 g/mol. The molecule has 0 bridgehead atoms. The molecule has 1 aromatic carbocycles. The first-order valence-electron chi connectivity index (χ1n) is 8.38. The van der Waals surface area contributed by atoms with E-state index in [-0.39, 0.29) is 5.75 Å². The summed E-state index contributed by atoms with van der Waals surface area (Å²) >= 11 is 0. The van der Waals surface area contributed by atoms with Gasteiger partial charge in [0.05, 0.1) is 17.0 Å². The van der Waals surface area contributed by atoms with Crippen molar-refractivity contribution in [2.24, 2.45) is 0 Å². The van der Waals surface area contributed by atoms with Crippen LogP contribution in [0.3, 0.4) is 0 Å². The number of benzene rings is 1. The van der Waals surface area contributed by atoms with Crippen molar-refractivity contribution in [1.82, 2.24) is 19.5 Å². The van der Waals surface area contributed by atoms with Crippen molar-refractivity contribution in [3.63, 3.8) is 0 Å². The first kappa shape index (κ1) is 14.8. The number of aryl methyl sites for hydroxylation is 1. The number of anilines is 1. The smallest absolute Gasteiger partial charge is 0.178 e. The third-order valence-electron chi connectivity index (χ3n) is 4.86. The van der Waals surface area contributed by atoms with Gasteiger partial charge in [-0.2, -0.15) is 0 Å². The molecule has 8 heteroatoms. The Hall–Kier alpha value is -2.48. The van der Waals surface area contributed by atoms with Crippen LogP contribution in [0.4, 0.5) is 5.82 Å². The summed E-state index contributed by atoms with van der Waals surface area (Å²) in [4.78, 5) is 13.6. The van der Waals surface area contributed by atoms with Gasteiger partial charge in [-0.25, -0.2) is 23.4 Å². The Kier molecular flexibility index (Phi) is 3.12. The van der Waals surface area contributed by atoms with Gasteiger partial charge < -0.3 is 9.88 Å². The molecule has 0 unspecified atom stereocenters. The van der Waals surface area contributed by atoms with Crippen molar-refractivity contribution >= 4 is 26.8 Å². The molecule has 25 heavy (non-hydrogen) atoms. The molecular formula is C17H17N5O2S. The summed E-state index contributed by atoms with van der Waals surface area (Å²) in [6, 6.07) is 6.06. The molecular weight excluding hydrogens is 338 g/mol. The summed E-state index contributed by atoms with van der Waals surface area (Å²) in [5.41, 5.74) is 3.58. The van der Waals surface area contributed by atoms with E-state index in [0.29, 0.717) is 29.7 Å². The predicted octanol–water partition coefficient (Wildman–Crippen LogP) is 2.10. The van der Waals surface area contributed by atoms with E-state index >= 15 is 0 Å². The Labute approximate surface area is 145 Å². The molecule has 0 amide bonds. The second-order valence-corrected chi connectivity index (χ2v) is 8.72. The number of fused-ring (bicyclic) bond motifs is 2. The molecule has 0 spiro atoms. The van der Waals surface area contributed by atoms with Gasteiger partial charge in [0.2, 0.25) is 0 Å². The van der Waals surface area contributed by atoms with Gasteiger partial charge in [0.15, 0.2) is 21.3 Å². The molecule has 1 aliphatic carbocycles. The number of hydrogen-bond acceptors (Lipinski definition) is 6. The van der Waals surface area contributed by atoms with Crippen LogP contribution < -0.4 is 5.32 Å². The fourth-order valence-corrected chi connectivity index (χ4v) is 4.93. The van der Waals surface area contributed by atoms with Gasteiger partial charge in [0, 0.05) is 12.6 Å². The molecule has 0 atom stereocenters. The first-order chi connectivity index (χ1) is 12.1. The lowest BCUT2D eigenvalue weighted by Crippen LogP contribution is -2.04. The van der Waals surface area contributed by atoms with E-state index in [4.69, 9.17) is 0 Å². The minimum absolute atomic E-state index is 0.213. The van der Waals surface area contributed by atoms with Crippen LogP contribution in [0, 0.1) is 0 Å². The molecule has 128 valence electrons. The maximum atomic E-state index is 11.9. The van der Waals surface area contributed by atoms with Gasteiger partial charge in [-0.05, 0) is 36.5 Å². The molecule has 0 saturated heterocycles. The summed E-state index contributed by atoms with van der Waals surface area (Å²) < 4.78 is 25.9. The Morgan fingerprint density at radius 1 is 1.20 bits per heavy atom. The Bertz CT molecular complexity index is 1090. The molecule has 2 aromatic heterocycles. The molecule has 0 radical (unpaired) electrons. The Morgan fingerprint density at radius 2 is 2.08 bits per heavy atom.